The number of hydrogen-bond acceptors (Lipinski definition) is 4. The van der Waals surface area contributed by atoms with Crippen LogP contribution in [0.5, 0.6) is 0 Å². The van der Waals surface area contributed by atoms with Crippen LogP contribution >= 0.6 is 28.1 Å². The maximum atomic E-state index is 12.1. The van der Waals surface area contributed by atoms with Gasteiger partial charge in [0, 0.05) is 27.2 Å². The van der Waals surface area contributed by atoms with Crippen molar-refractivity contribution in [1.29, 1.82) is 0 Å². The minimum absolute atomic E-state index is 0.178. The number of anilines is 1. The van der Waals surface area contributed by atoms with E-state index in [2.05, 4.69) is 26.6 Å². The number of nitrogens with one attached hydrogen (secondary N) is 2. The minimum atomic E-state index is -0.403. The number of fused-ring (bicyclic) bond motifs is 1. The summed E-state index contributed by atoms with van der Waals surface area (Å²) in [6.45, 7) is 0. The van der Waals surface area contributed by atoms with Gasteiger partial charge in [0.05, 0.1) is 0 Å². The van der Waals surface area contributed by atoms with Crippen LogP contribution < -0.4 is 16.3 Å². The third kappa shape index (κ3) is 3.87. The van der Waals surface area contributed by atoms with Crippen LogP contribution in [0.3, 0.4) is 0 Å². The van der Waals surface area contributed by atoms with Crippen LogP contribution in [0.25, 0.3) is 11.0 Å². The lowest BCUT2D eigenvalue weighted by molar-refractivity contribution is 0.0977. The molecule has 0 atom stereocenters. The van der Waals surface area contributed by atoms with Crippen LogP contribution in [0.2, 0.25) is 0 Å². The van der Waals surface area contributed by atoms with E-state index in [0.29, 0.717) is 16.8 Å². The zero-order chi connectivity index (χ0) is 17.1. The van der Waals surface area contributed by atoms with E-state index in [0.717, 1.165) is 9.86 Å². The number of hydrogen-bond donors (Lipinski definition) is 2. The first-order valence-electron chi connectivity index (χ1n) is 6.93. The van der Waals surface area contributed by atoms with Crippen molar-refractivity contribution in [3.05, 3.63) is 75.1 Å². The zero-order valence-electron chi connectivity index (χ0n) is 12.2. The third-order valence-electron chi connectivity index (χ3n) is 3.19. The third-order valence-corrected chi connectivity index (χ3v) is 3.89. The van der Waals surface area contributed by atoms with E-state index in [4.69, 9.17) is 16.6 Å². The number of thiocarbonyl (C=S) groups is 1. The van der Waals surface area contributed by atoms with E-state index in [9.17, 15) is 9.59 Å². The molecule has 3 aromatic rings. The molecule has 7 heteroatoms. The van der Waals surface area contributed by atoms with Gasteiger partial charge >= 0.3 is 5.63 Å². The molecule has 0 aliphatic rings. The standard InChI is InChI=1S/C17H11BrN2O3S/c18-12-3-1-2-11(8-12)16(22)20-17(24)19-13-5-6-14-10(9-13)4-7-15(21)23-14/h1-9H,(H2,19,20,22,24). The average Bonchev–Trinajstić information content (AvgIpc) is 2.55. The molecule has 0 saturated heterocycles. The Kier molecular flexibility index (Phi) is 4.73. The van der Waals surface area contributed by atoms with Crippen molar-refractivity contribution in [3.63, 3.8) is 0 Å². The molecule has 0 radical (unpaired) electrons. The molecule has 2 N–H and O–H groups in total. The van der Waals surface area contributed by atoms with Gasteiger partial charge in [-0.05, 0) is 54.7 Å². The summed E-state index contributed by atoms with van der Waals surface area (Å²) >= 11 is 8.48. The SMILES string of the molecule is O=C(NC(=S)Nc1ccc2oc(=O)ccc2c1)c1cccc(Br)c1. The van der Waals surface area contributed by atoms with Crippen LogP contribution in [-0.2, 0) is 0 Å². The highest BCUT2D eigenvalue weighted by molar-refractivity contribution is 9.10. The number of carbonyl (C=O) groups excluding carboxylic acids is 1. The van der Waals surface area contributed by atoms with Gasteiger partial charge in [0.1, 0.15) is 5.58 Å². The Morgan fingerprint density at radius 3 is 2.71 bits per heavy atom. The average molecular weight is 403 g/mol. The summed E-state index contributed by atoms with van der Waals surface area (Å²) in [6.07, 6.45) is 0. The molecular weight excluding hydrogens is 392 g/mol. The maximum Gasteiger partial charge on any atom is 0.336 e. The first kappa shape index (κ1) is 16.4. The highest BCUT2D eigenvalue weighted by Gasteiger charge is 2.08. The fraction of sp³-hybridized carbons (Fsp3) is 0. The van der Waals surface area contributed by atoms with Gasteiger partial charge in [0.2, 0.25) is 0 Å². The van der Waals surface area contributed by atoms with Crippen molar-refractivity contribution in [2.45, 2.75) is 0 Å². The summed E-state index contributed by atoms with van der Waals surface area (Å²) in [7, 11) is 0. The predicted octanol–water partition coefficient (Wildman–Crippen LogP) is 3.68. The Labute approximate surface area is 150 Å². The molecule has 24 heavy (non-hydrogen) atoms. The van der Waals surface area contributed by atoms with Gasteiger partial charge in [-0.25, -0.2) is 4.79 Å². The lowest BCUT2D eigenvalue weighted by Gasteiger charge is -2.10. The van der Waals surface area contributed by atoms with Gasteiger partial charge in [0.15, 0.2) is 5.11 Å². The van der Waals surface area contributed by atoms with Crippen molar-refractivity contribution < 1.29 is 9.21 Å². The molecule has 3 rings (SSSR count). The van der Waals surface area contributed by atoms with Gasteiger partial charge in [0.25, 0.3) is 5.91 Å². The van der Waals surface area contributed by atoms with E-state index >= 15 is 0 Å². The first-order valence-corrected chi connectivity index (χ1v) is 8.13. The van der Waals surface area contributed by atoms with E-state index < -0.39 is 5.63 Å². The molecule has 2 aromatic carbocycles. The quantitative estimate of drug-likeness (QED) is 0.505. The van der Waals surface area contributed by atoms with Gasteiger partial charge < -0.3 is 9.73 Å². The van der Waals surface area contributed by atoms with Crippen molar-refractivity contribution >= 4 is 55.8 Å². The Hall–Kier alpha value is -2.51. The number of carbonyl (C=O) groups is 1. The molecule has 5 nitrogen and oxygen atoms in total. The van der Waals surface area contributed by atoms with Crippen LogP contribution in [-0.4, -0.2) is 11.0 Å². The van der Waals surface area contributed by atoms with Crippen LogP contribution in [0.15, 0.2) is 68.3 Å². The number of benzene rings is 2. The van der Waals surface area contributed by atoms with E-state index in [1.807, 2.05) is 6.07 Å². The molecule has 0 aliphatic heterocycles. The smallest absolute Gasteiger partial charge is 0.336 e. The fourth-order valence-corrected chi connectivity index (χ4v) is 2.73. The first-order chi connectivity index (χ1) is 11.5. The highest BCUT2D eigenvalue weighted by atomic mass is 79.9. The summed E-state index contributed by atoms with van der Waals surface area (Å²) in [5.74, 6) is -0.305. The van der Waals surface area contributed by atoms with Gasteiger partial charge in [-0.15, -0.1) is 0 Å². The number of halogens is 1. The molecular formula is C17H11BrN2O3S. The summed E-state index contributed by atoms with van der Waals surface area (Å²) in [4.78, 5) is 23.3. The monoisotopic (exact) mass is 402 g/mol. The van der Waals surface area contributed by atoms with Crippen molar-refractivity contribution in [1.82, 2.24) is 5.32 Å². The normalized spacial score (nSPS) is 10.4. The summed E-state index contributed by atoms with van der Waals surface area (Å²) in [5.41, 5.74) is 1.25. The van der Waals surface area contributed by atoms with E-state index in [-0.39, 0.29) is 11.0 Å². The molecule has 0 aliphatic carbocycles. The number of rotatable bonds is 2. The molecule has 0 spiro atoms. The summed E-state index contributed by atoms with van der Waals surface area (Å²) < 4.78 is 5.88. The molecule has 0 fully saturated rings. The predicted molar refractivity (Wildman–Crippen MR) is 100 cm³/mol. The van der Waals surface area contributed by atoms with Crippen molar-refractivity contribution in [2.75, 3.05) is 5.32 Å². The Balaban J connectivity index is 1.71. The molecule has 0 unspecified atom stereocenters. The molecule has 0 saturated carbocycles. The molecule has 1 amide bonds. The highest BCUT2D eigenvalue weighted by Crippen LogP contribution is 2.17. The largest absolute Gasteiger partial charge is 0.423 e. The molecule has 1 heterocycles. The van der Waals surface area contributed by atoms with Crippen molar-refractivity contribution in [3.8, 4) is 0 Å². The van der Waals surface area contributed by atoms with Crippen LogP contribution in [0, 0.1) is 0 Å². The molecule has 0 bridgehead atoms. The summed E-state index contributed by atoms with van der Waals surface area (Å²) in [5, 5.41) is 6.48. The molecule has 1 aromatic heterocycles. The number of amides is 1. The molecule has 120 valence electrons. The second kappa shape index (κ2) is 6.94. The van der Waals surface area contributed by atoms with Gasteiger partial charge in [-0.2, -0.15) is 0 Å². The maximum absolute atomic E-state index is 12.1. The Bertz CT molecular complexity index is 1000. The van der Waals surface area contributed by atoms with E-state index in [1.54, 1.807) is 42.5 Å². The van der Waals surface area contributed by atoms with Crippen molar-refractivity contribution in [2.24, 2.45) is 0 Å². The van der Waals surface area contributed by atoms with Crippen LogP contribution in [0.4, 0.5) is 5.69 Å². The van der Waals surface area contributed by atoms with Crippen LogP contribution in [0.1, 0.15) is 10.4 Å². The van der Waals surface area contributed by atoms with E-state index in [1.165, 1.54) is 6.07 Å². The zero-order valence-corrected chi connectivity index (χ0v) is 14.6. The lowest BCUT2D eigenvalue weighted by atomic mass is 10.2. The van der Waals surface area contributed by atoms with Gasteiger partial charge in [-0.3, -0.25) is 10.1 Å². The lowest BCUT2D eigenvalue weighted by Crippen LogP contribution is -2.34. The second-order valence-electron chi connectivity index (χ2n) is 4.93. The Morgan fingerprint density at radius 1 is 1.08 bits per heavy atom. The minimum Gasteiger partial charge on any atom is -0.423 e. The van der Waals surface area contributed by atoms with Gasteiger partial charge in [-0.1, -0.05) is 22.0 Å². The topological polar surface area (TPSA) is 71.3 Å². The Morgan fingerprint density at radius 2 is 1.92 bits per heavy atom. The summed E-state index contributed by atoms with van der Waals surface area (Å²) in [6, 6.07) is 15.2. The second-order valence-corrected chi connectivity index (χ2v) is 6.25. The fourth-order valence-electron chi connectivity index (χ4n) is 2.12.